The van der Waals surface area contributed by atoms with Crippen molar-refractivity contribution in [3.8, 4) is 0 Å². The number of ketones is 1. The fraction of sp³-hybridized carbons (Fsp3) is 0.250. The van der Waals surface area contributed by atoms with Gasteiger partial charge in [-0.2, -0.15) is 5.10 Å². The molecule has 0 spiro atoms. The summed E-state index contributed by atoms with van der Waals surface area (Å²) in [5.74, 6) is -0.0985. The first-order valence-corrected chi connectivity index (χ1v) is 5.59. The van der Waals surface area contributed by atoms with E-state index in [1.807, 2.05) is 20.0 Å². The fourth-order valence-electron chi connectivity index (χ4n) is 1.67. The molecule has 0 fully saturated rings. The lowest BCUT2D eigenvalue weighted by atomic mass is 10.1. The maximum Gasteiger partial charge on any atom is 0.188 e. The quantitative estimate of drug-likeness (QED) is 0.784. The van der Waals surface area contributed by atoms with E-state index in [0.29, 0.717) is 10.7 Å². The van der Waals surface area contributed by atoms with E-state index in [1.54, 1.807) is 23.0 Å². The third kappa shape index (κ3) is 2.53. The summed E-state index contributed by atoms with van der Waals surface area (Å²) in [6, 6.07) is 5.25. The molecule has 0 N–H and O–H groups in total. The summed E-state index contributed by atoms with van der Waals surface area (Å²) in [5.41, 5.74) is 2.06. The highest BCUT2D eigenvalue weighted by Gasteiger charge is 2.14. The molecular weight excluding hydrogens is 238 g/mol. The van der Waals surface area contributed by atoms with Gasteiger partial charge in [-0.1, -0.05) is 11.6 Å². The van der Waals surface area contributed by atoms with Crippen LogP contribution in [0.2, 0.25) is 5.02 Å². The highest BCUT2D eigenvalue weighted by Crippen LogP contribution is 2.15. The second-order valence-corrected chi connectivity index (χ2v) is 4.24. The van der Waals surface area contributed by atoms with Crippen LogP contribution in [0.3, 0.4) is 0 Å². The van der Waals surface area contributed by atoms with Gasteiger partial charge in [0.25, 0.3) is 0 Å². The van der Waals surface area contributed by atoms with Gasteiger partial charge in [-0.3, -0.25) is 14.5 Å². The largest absolute Gasteiger partial charge is 0.292 e. The highest BCUT2D eigenvalue weighted by molar-refractivity contribution is 6.33. The lowest BCUT2D eigenvalue weighted by Crippen LogP contribution is -2.09. The Hall–Kier alpha value is -1.68. The summed E-state index contributed by atoms with van der Waals surface area (Å²) < 4.78 is 1.70. The second-order valence-electron chi connectivity index (χ2n) is 3.83. The molecule has 0 aliphatic rings. The average molecular weight is 250 g/mol. The molecule has 2 rings (SSSR count). The molecule has 0 amide bonds. The molecule has 0 saturated heterocycles. The van der Waals surface area contributed by atoms with Crippen LogP contribution in [0.4, 0.5) is 0 Å². The van der Waals surface area contributed by atoms with E-state index in [1.165, 1.54) is 0 Å². The Kier molecular flexibility index (Phi) is 3.24. The number of carbonyl (C=O) groups excluding carboxylic acids is 1. The van der Waals surface area contributed by atoms with Gasteiger partial charge in [0, 0.05) is 18.9 Å². The molecular formula is C12H12ClN3O. The van der Waals surface area contributed by atoms with Gasteiger partial charge in [0.15, 0.2) is 5.78 Å². The van der Waals surface area contributed by atoms with Crippen LogP contribution < -0.4 is 0 Å². The summed E-state index contributed by atoms with van der Waals surface area (Å²) in [5, 5.41) is 4.58. The monoisotopic (exact) mass is 249 g/mol. The lowest BCUT2D eigenvalue weighted by Gasteiger charge is -2.02. The molecule has 0 saturated carbocycles. The van der Waals surface area contributed by atoms with Crippen molar-refractivity contribution in [3.63, 3.8) is 0 Å². The minimum absolute atomic E-state index is 0.0985. The van der Waals surface area contributed by atoms with Crippen LogP contribution in [0.15, 0.2) is 24.4 Å². The third-order valence-electron chi connectivity index (χ3n) is 2.46. The lowest BCUT2D eigenvalue weighted by molar-refractivity contribution is 0.0986. The molecule has 0 aromatic carbocycles. The molecule has 88 valence electrons. The zero-order chi connectivity index (χ0) is 12.4. The minimum Gasteiger partial charge on any atom is -0.292 e. The van der Waals surface area contributed by atoms with Crippen LogP contribution in [-0.4, -0.2) is 20.5 Å². The Morgan fingerprint density at radius 3 is 2.88 bits per heavy atom. The van der Waals surface area contributed by atoms with E-state index in [-0.39, 0.29) is 12.2 Å². The number of carbonyl (C=O) groups is 1. The van der Waals surface area contributed by atoms with Gasteiger partial charge in [0.05, 0.1) is 17.1 Å². The van der Waals surface area contributed by atoms with Crippen LogP contribution in [0.5, 0.6) is 0 Å². The number of pyridine rings is 1. The number of halogens is 1. The summed E-state index contributed by atoms with van der Waals surface area (Å²) in [6.07, 6.45) is 1.82. The zero-order valence-corrected chi connectivity index (χ0v) is 10.4. The molecule has 2 heterocycles. The number of hydrogen-bond donors (Lipinski definition) is 0. The molecule has 2 aromatic rings. The van der Waals surface area contributed by atoms with Gasteiger partial charge in [-0.15, -0.1) is 0 Å². The number of nitrogens with zero attached hydrogens (tertiary/aromatic N) is 3. The predicted molar refractivity (Wildman–Crippen MR) is 65.2 cm³/mol. The van der Waals surface area contributed by atoms with Gasteiger partial charge in [-0.05, 0) is 25.1 Å². The molecule has 0 aliphatic heterocycles. The Balaban J connectivity index is 2.23. The Bertz CT molecular complexity index is 563. The van der Waals surface area contributed by atoms with Crippen LogP contribution in [0.25, 0.3) is 0 Å². The first-order chi connectivity index (χ1) is 8.08. The molecule has 4 nitrogen and oxygen atoms in total. The number of hydrogen-bond acceptors (Lipinski definition) is 3. The first kappa shape index (κ1) is 11.8. The third-order valence-corrected chi connectivity index (χ3v) is 2.77. The minimum atomic E-state index is -0.0985. The standard InChI is InChI=1S/C12H12ClN3O/c1-8-6-9(16(2)15-8)7-11(17)12-10(13)4-3-5-14-12/h3-6H,7H2,1-2H3. The van der Waals surface area contributed by atoms with E-state index in [0.717, 1.165) is 11.4 Å². The molecule has 5 heteroatoms. The zero-order valence-electron chi connectivity index (χ0n) is 9.64. The molecule has 17 heavy (non-hydrogen) atoms. The molecule has 0 radical (unpaired) electrons. The van der Waals surface area contributed by atoms with Crippen molar-refractivity contribution >= 4 is 17.4 Å². The number of aromatic nitrogens is 3. The van der Waals surface area contributed by atoms with Gasteiger partial charge in [-0.25, -0.2) is 0 Å². The van der Waals surface area contributed by atoms with Gasteiger partial charge in [0.1, 0.15) is 5.69 Å². The van der Waals surface area contributed by atoms with Crippen molar-refractivity contribution < 1.29 is 4.79 Å². The maximum atomic E-state index is 12.0. The van der Waals surface area contributed by atoms with E-state index in [2.05, 4.69) is 10.1 Å². The van der Waals surface area contributed by atoms with Crippen molar-refractivity contribution in [2.24, 2.45) is 7.05 Å². The van der Waals surface area contributed by atoms with Crippen molar-refractivity contribution in [3.05, 3.63) is 46.5 Å². The summed E-state index contributed by atoms with van der Waals surface area (Å²) in [4.78, 5) is 16.0. The van der Waals surface area contributed by atoms with E-state index < -0.39 is 0 Å². The maximum absolute atomic E-state index is 12.0. The number of rotatable bonds is 3. The highest BCUT2D eigenvalue weighted by atomic mass is 35.5. The fourth-order valence-corrected chi connectivity index (χ4v) is 1.90. The average Bonchev–Trinajstić information content (AvgIpc) is 2.58. The Labute approximate surface area is 104 Å². The molecule has 0 atom stereocenters. The van der Waals surface area contributed by atoms with E-state index in [9.17, 15) is 4.79 Å². The normalized spacial score (nSPS) is 10.5. The van der Waals surface area contributed by atoms with Crippen molar-refractivity contribution in [2.75, 3.05) is 0 Å². The van der Waals surface area contributed by atoms with Gasteiger partial charge < -0.3 is 0 Å². The Morgan fingerprint density at radius 2 is 2.29 bits per heavy atom. The summed E-state index contributed by atoms with van der Waals surface area (Å²) in [6.45, 7) is 1.89. The molecule has 0 bridgehead atoms. The first-order valence-electron chi connectivity index (χ1n) is 5.21. The van der Waals surface area contributed by atoms with E-state index >= 15 is 0 Å². The van der Waals surface area contributed by atoms with E-state index in [4.69, 9.17) is 11.6 Å². The number of Topliss-reactive ketones (excluding diaryl/α,β-unsaturated/α-hetero) is 1. The van der Waals surface area contributed by atoms with Crippen LogP contribution in [-0.2, 0) is 13.5 Å². The molecule has 0 aliphatic carbocycles. The topological polar surface area (TPSA) is 47.8 Å². The van der Waals surface area contributed by atoms with Crippen molar-refractivity contribution in [1.82, 2.24) is 14.8 Å². The Morgan fingerprint density at radius 1 is 1.53 bits per heavy atom. The predicted octanol–water partition coefficient (Wildman–Crippen LogP) is 2.20. The number of aryl methyl sites for hydroxylation is 2. The summed E-state index contributed by atoms with van der Waals surface area (Å²) >= 11 is 5.92. The molecule has 0 unspecified atom stereocenters. The summed E-state index contributed by atoms with van der Waals surface area (Å²) in [7, 11) is 1.82. The van der Waals surface area contributed by atoms with Crippen LogP contribution in [0, 0.1) is 6.92 Å². The van der Waals surface area contributed by atoms with Gasteiger partial charge in [0.2, 0.25) is 0 Å². The van der Waals surface area contributed by atoms with Gasteiger partial charge >= 0.3 is 0 Å². The van der Waals surface area contributed by atoms with Crippen molar-refractivity contribution in [2.45, 2.75) is 13.3 Å². The smallest absolute Gasteiger partial charge is 0.188 e. The van der Waals surface area contributed by atoms with Crippen LogP contribution >= 0.6 is 11.6 Å². The SMILES string of the molecule is Cc1cc(CC(=O)c2ncccc2Cl)n(C)n1. The van der Waals surface area contributed by atoms with Crippen molar-refractivity contribution in [1.29, 1.82) is 0 Å². The second kappa shape index (κ2) is 4.67. The van der Waals surface area contributed by atoms with Crippen LogP contribution in [0.1, 0.15) is 21.9 Å². The molecule has 2 aromatic heterocycles.